The number of rotatable bonds is 6. The standard InChI is InChI=1S/C25H23FN4O3S2/c1-34(31)25-27-15-14-19(28-25)23-22(16-8-10-18(26)11-9-16)29-21-13-12-20(30(21)23)24(35(2,32)33)17-6-4-3-5-7-17/h3-11,14-15,20,24H,12-13H2,1-2H3/t20?,24-,34?/m0/s1. The number of fused-ring (bicyclic) bond motifs is 1. The Morgan fingerprint density at radius 3 is 2.46 bits per heavy atom. The van der Waals surface area contributed by atoms with Crippen LogP contribution in [0.3, 0.4) is 0 Å². The maximum Gasteiger partial charge on any atom is 0.343 e. The van der Waals surface area contributed by atoms with Gasteiger partial charge in [-0.25, -0.2) is 17.8 Å². The third kappa shape index (κ3) is 4.49. The maximum absolute atomic E-state index is 13.7. The van der Waals surface area contributed by atoms with E-state index in [1.165, 1.54) is 30.8 Å². The van der Waals surface area contributed by atoms with Crippen LogP contribution in [-0.2, 0) is 27.4 Å². The Bertz CT molecular complexity index is 1470. The van der Waals surface area contributed by atoms with Crippen LogP contribution < -0.4 is 0 Å². The van der Waals surface area contributed by atoms with Crippen molar-refractivity contribution >= 4 is 21.0 Å². The molecule has 10 heteroatoms. The Labute approximate surface area is 206 Å². The van der Waals surface area contributed by atoms with E-state index in [4.69, 9.17) is 4.98 Å². The van der Waals surface area contributed by atoms with E-state index in [-0.39, 0.29) is 11.0 Å². The molecule has 0 radical (unpaired) electrons. The summed E-state index contributed by atoms with van der Waals surface area (Å²) in [5.74, 6) is 0.360. The lowest BCUT2D eigenvalue weighted by Gasteiger charge is -2.26. The monoisotopic (exact) mass is 510 g/mol. The topological polar surface area (TPSA) is 101 Å². The molecule has 0 spiro atoms. The molecule has 1 aliphatic rings. The van der Waals surface area contributed by atoms with Crippen LogP contribution in [-0.4, -0.2) is 45.0 Å². The van der Waals surface area contributed by atoms with Gasteiger partial charge >= 0.3 is 5.16 Å². The van der Waals surface area contributed by atoms with Crippen molar-refractivity contribution in [1.82, 2.24) is 19.5 Å². The fourth-order valence-electron chi connectivity index (χ4n) is 4.77. The van der Waals surface area contributed by atoms with Crippen molar-refractivity contribution < 1.29 is 17.4 Å². The van der Waals surface area contributed by atoms with E-state index in [1.807, 2.05) is 34.9 Å². The summed E-state index contributed by atoms with van der Waals surface area (Å²) in [5.41, 5.74) is 3.03. The summed E-state index contributed by atoms with van der Waals surface area (Å²) < 4.78 is 53.9. The highest BCUT2D eigenvalue weighted by molar-refractivity contribution is 7.91. The minimum absolute atomic E-state index is 0.167. The van der Waals surface area contributed by atoms with Crippen molar-refractivity contribution in [2.24, 2.45) is 0 Å². The van der Waals surface area contributed by atoms with Gasteiger partial charge in [-0.05, 0) is 42.3 Å². The molecule has 0 aliphatic carbocycles. The van der Waals surface area contributed by atoms with Crippen LogP contribution in [0.5, 0.6) is 0 Å². The number of hydrogen-bond acceptors (Lipinski definition) is 6. The summed E-state index contributed by atoms with van der Waals surface area (Å²) in [6.45, 7) is 0. The molecule has 7 nitrogen and oxygen atoms in total. The first-order chi connectivity index (χ1) is 16.7. The Hall–Kier alpha value is -3.08. The molecule has 3 heterocycles. The number of halogens is 1. The molecule has 3 atom stereocenters. The van der Waals surface area contributed by atoms with Gasteiger partial charge in [-0.1, -0.05) is 30.3 Å². The van der Waals surface area contributed by atoms with Gasteiger partial charge in [0.25, 0.3) is 0 Å². The average Bonchev–Trinajstić information content (AvgIpc) is 3.40. The second kappa shape index (κ2) is 9.18. The van der Waals surface area contributed by atoms with E-state index in [1.54, 1.807) is 18.2 Å². The smallest absolute Gasteiger partial charge is 0.343 e. The molecule has 2 aromatic heterocycles. The van der Waals surface area contributed by atoms with Crippen molar-refractivity contribution in [1.29, 1.82) is 0 Å². The van der Waals surface area contributed by atoms with Gasteiger partial charge in [0, 0.05) is 35.6 Å². The highest BCUT2D eigenvalue weighted by Crippen LogP contribution is 2.46. The first-order valence-electron chi connectivity index (χ1n) is 11.0. The Balaban J connectivity index is 1.76. The Kier molecular flexibility index (Phi) is 6.20. The molecule has 4 aromatic rings. The van der Waals surface area contributed by atoms with Crippen LogP contribution in [0, 0.1) is 5.82 Å². The Morgan fingerprint density at radius 1 is 1.09 bits per heavy atom. The molecule has 0 amide bonds. The van der Waals surface area contributed by atoms with E-state index in [9.17, 15) is 17.4 Å². The zero-order valence-corrected chi connectivity index (χ0v) is 20.8. The van der Waals surface area contributed by atoms with Crippen LogP contribution in [0.15, 0.2) is 72.0 Å². The van der Waals surface area contributed by atoms with Crippen molar-refractivity contribution in [3.05, 3.63) is 84.1 Å². The van der Waals surface area contributed by atoms with Gasteiger partial charge in [0.05, 0.1) is 23.1 Å². The van der Waals surface area contributed by atoms with E-state index >= 15 is 0 Å². The highest BCUT2D eigenvalue weighted by atomic mass is 32.2. The number of sulfone groups is 1. The fraction of sp³-hybridized carbons (Fsp3) is 0.240. The molecular weight excluding hydrogens is 487 g/mol. The summed E-state index contributed by atoms with van der Waals surface area (Å²) in [4.78, 5) is 13.5. The Morgan fingerprint density at radius 2 is 1.80 bits per heavy atom. The molecule has 35 heavy (non-hydrogen) atoms. The van der Waals surface area contributed by atoms with Gasteiger partial charge in [-0.15, -0.1) is 0 Å². The lowest BCUT2D eigenvalue weighted by molar-refractivity contribution is 0.488. The van der Waals surface area contributed by atoms with Crippen molar-refractivity contribution in [2.75, 3.05) is 12.5 Å². The van der Waals surface area contributed by atoms with E-state index in [0.717, 1.165) is 5.82 Å². The van der Waals surface area contributed by atoms with Crippen molar-refractivity contribution in [3.63, 3.8) is 0 Å². The first-order valence-corrected chi connectivity index (χ1v) is 14.5. The predicted octanol–water partition coefficient (Wildman–Crippen LogP) is 4.16. The summed E-state index contributed by atoms with van der Waals surface area (Å²) in [6.07, 6.45) is 5.45. The lowest BCUT2D eigenvalue weighted by Crippen LogP contribution is -2.23. The van der Waals surface area contributed by atoms with Gasteiger partial charge in [0.1, 0.15) is 23.1 Å². The minimum Gasteiger partial charge on any atom is -0.609 e. The minimum atomic E-state index is -3.51. The quantitative estimate of drug-likeness (QED) is 0.285. The van der Waals surface area contributed by atoms with Gasteiger partial charge in [0.15, 0.2) is 9.84 Å². The van der Waals surface area contributed by atoms with E-state index < -0.39 is 32.3 Å². The van der Waals surface area contributed by atoms with Crippen LogP contribution in [0.25, 0.3) is 22.6 Å². The zero-order valence-electron chi connectivity index (χ0n) is 19.1. The predicted molar refractivity (Wildman–Crippen MR) is 132 cm³/mol. The summed E-state index contributed by atoms with van der Waals surface area (Å²) in [6, 6.07) is 16.4. The van der Waals surface area contributed by atoms with E-state index in [2.05, 4.69) is 9.97 Å². The molecule has 0 fully saturated rings. The number of nitrogens with zero attached hydrogens (tertiary/aromatic N) is 4. The van der Waals surface area contributed by atoms with Crippen LogP contribution in [0.4, 0.5) is 4.39 Å². The number of imidazole rings is 1. The van der Waals surface area contributed by atoms with Crippen LogP contribution in [0.1, 0.15) is 29.1 Å². The van der Waals surface area contributed by atoms with Crippen LogP contribution in [0.2, 0.25) is 0 Å². The van der Waals surface area contributed by atoms with Crippen molar-refractivity contribution in [2.45, 2.75) is 29.3 Å². The normalized spacial score (nSPS) is 17.2. The maximum atomic E-state index is 13.7. The zero-order chi connectivity index (χ0) is 24.7. The number of hydrogen-bond donors (Lipinski definition) is 0. The lowest BCUT2D eigenvalue weighted by atomic mass is 10.0. The molecule has 2 unspecified atom stereocenters. The molecule has 0 bridgehead atoms. The largest absolute Gasteiger partial charge is 0.609 e. The third-order valence-electron chi connectivity index (χ3n) is 6.17. The molecule has 180 valence electrons. The molecule has 0 saturated carbocycles. The third-order valence-corrected chi connectivity index (χ3v) is 8.39. The second-order valence-corrected chi connectivity index (χ2v) is 12.0. The molecular formula is C25H23FN4O3S2. The summed E-state index contributed by atoms with van der Waals surface area (Å²) >= 11 is -1.41. The number of aryl methyl sites for hydroxylation is 1. The molecule has 0 N–H and O–H groups in total. The van der Waals surface area contributed by atoms with Gasteiger partial charge in [-0.3, -0.25) is 0 Å². The summed E-state index contributed by atoms with van der Waals surface area (Å²) in [7, 11) is -3.51. The molecule has 2 aromatic carbocycles. The average molecular weight is 511 g/mol. The second-order valence-electron chi connectivity index (χ2n) is 8.55. The number of benzene rings is 2. The van der Waals surface area contributed by atoms with Gasteiger partial charge in [0.2, 0.25) is 0 Å². The number of aromatic nitrogens is 4. The van der Waals surface area contributed by atoms with Crippen LogP contribution >= 0.6 is 0 Å². The highest BCUT2D eigenvalue weighted by Gasteiger charge is 2.40. The molecule has 0 saturated heterocycles. The fourth-order valence-corrected chi connectivity index (χ4v) is 6.68. The SMILES string of the molecule is C[S+]([O-])c1nccc(-c2c(-c3ccc(F)cc3)nc3n2C([C@H](c2ccccc2)S(C)(=O)=O)CC3)n1. The van der Waals surface area contributed by atoms with Crippen molar-refractivity contribution in [3.8, 4) is 22.6 Å². The summed E-state index contributed by atoms with van der Waals surface area (Å²) in [5, 5.41) is -0.624. The van der Waals surface area contributed by atoms with Gasteiger partial charge in [-0.2, -0.15) is 9.97 Å². The first kappa shape index (κ1) is 23.7. The van der Waals surface area contributed by atoms with Gasteiger partial charge < -0.3 is 9.12 Å². The molecule has 1 aliphatic heterocycles. The van der Waals surface area contributed by atoms with E-state index in [0.29, 0.717) is 41.1 Å². The molecule has 5 rings (SSSR count).